The van der Waals surface area contributed by atoms with E-state index in [0.29, 0.717) is 18.7 Å². The van der Waals surface area contributed by atoms with Gasteiger partial charge in [-0.05, 0) is 48.7 Å². The van der Waals surface area contributed by atoms with Gasteiger partial charge in [0.05, 0.1) is 12.9 Å². The number of hydrogen-bond donors (Lipinski definition) is 1. The van der Waals surface area contributed by atoms with Gasteiger partial charge in [0.2, 0.25) is 11.8 Å². The lowest BCUT2D eigenvalue weighted by atomic mass is 10.1. The van der Waals surface area contributed by atoms with E-state index in [2.05, 4.69) is 5.32 Å². The first-order chi connectivity index (χ1) is 14.5. The molecule has 0 aliphatic carbocycles. The van der Waals surface area contributed by atoms with Crippen LogP contribution in [-0.4, -0.2) is 42.2 Å². The summed E-state index contributed by atoms with van der Waals surface area (Å²) in [5.74, 6) is 1.10. The van der Waals surface area contributed by atoms with E-state index in [1.807, 2.05) is 38.1 Å². The fourth-order valence-corrected chi connectivity index (χ4v) is 3.93. The maximum atomic E-state index is 13.3. The number of amides is 2. The summed E-state index contributed by atoms with van der Waals surface area (Å²) in [5.41, 5.74) is 1.88. The van der Waals surface area contributed by atoms with E-state index in [4.69, 9.17) is 4.74 Å². The van der Waals surface area contributed by atoms with Crippen LogP contribution in [0.25, 0.3) is 0 Å². The van der Waals surface area contributed by atoms with Crippen LogP contribution < -0.4 is 10.1 Å². The maximum Gasteiger partial charge on any atom is 0.242 e. The molecule has 1 N–H and O–H groups in total. The highest BCUT2D eigenvalue weighted by atomic mass is 32.2. The normalized spacial score (nSPS) is 11.6. The predicted octanol–water partition coefficient (Wildman–Crippen LogP) is 4.01. The highest BCUT2D eigenvalue weighted by Crippen LogP contribution is 2.19. The minimum absolute atomic E-state index is 0.115. The van der Waals surface area contributed by atoms with Crippen molar-refractivity contribution in [3.8, 4) is 5.75 Å². The molecule has 0 aliphatic heterocycles. The average Bonchev–Trinajstić information content (AvgIpc) is 2.75. The Morgan fingerprint density at radius 2 is 1.70 bits per heavy atom. The zero-order valence-corrected chi connectivity index (χ0v) is 18.5. The number of rotatable bonds is 11. The molecule has 5 nitrogen and oxygen atoms in total. The van der Waals surface area contributed by atoms with Crippen molar-refractivity contribution in [2.24, 2.45) is 0 Å². The Hall–Kier alpha value is -2.54. The molecular formula is C23H29FN2O3S. The summed E-state index contributed by atoms with van der Waals surface area (Å²) in [6.07, 6.45) is 0.502. The van der Waals surface area contributed by atoms with Crippen molar-refractivity contribution in [1.29, 1.82) is 0 Å². The molecule has 1 atom stereocenters. The molecule has 162 valence electrons. The first-order valence-electron chi connectivity index (χ1n) is 10.0. The van der Waals surface area contributed by atoms with Gasteiger partial charge in [-0.2, -0.15) is 0 Å². The van der Waals surface area contributed by atoms with E-state index in [1.165, 1.54) is 23.9 Å². The molecule has 0 spiro atoms. The van der Waals surface area contributed by atoms with Crippen LogP contribution in [0.5, 0.6) is 5.75 Å². The number of methoxy groups -OCH3 is 1. The van der Waals surface area contributed by atoms with E-state index in [1.54, 1.807) is 24.1 Å². The largest absolute Gasteiger partial charge is 0.497 e. The Kier molecular flexibility index (Phi) is 9.67. The first-order valence-corrected chi connectivity index (χ1v) is 11.2. The molecule has 7 heteroatoms. The van der Waals surface area contributed by atoms with E-state index in [0.717, 1.165) is 16.9 Å². The number of benzene rings is 2. The molecule has 0 bridgehead atoms. The van der Waals surface area contributed by atoms with Gasteiger partial charge in [0.15, 0.2) is 0 Å². The Labute approximate surface area is 182 Å². The van der Waals surface area contributed by atoms with Gasteiger partial charge in [-0.1, -0.05) is 31.2 Å². The topological polar surface area (TPSA) is 58.6 Å². The first kappa shape index (κ1) is 23.7. The van der Waals surface area contributed by atoms with Crippen LogP contribution in [0.1, 0.15) is 31.4 Å². The molecule has 2 aromatic carbocycles. The van der Waals surface area contributed by atoms with Gasteiger partial charge in [-0.15, -0.1) is 11.8 Å². The molecule has 0 aliphatic rings. The van der Waals surface area contributed by atoms with E-state index in [9.17, 15) is 14.0 Å². The summed E-state index contributed by atoms with van der Waals surface area (Å²) in [5, 5.41) is 2.81. The second-order valence-electron chi connectivity index (χ2n) is 6.81. The molecule has 0 fully saturated rings. The summed E-state index contributed by atoms with van der Waals surface area (Å²) in [6, 6.07) is 13.2. The van der Waals surface area contributed by atoms with Crippen molar-refractivity contribution in [3.63, 3.8) is 0 Å². The van der Waals surface area contributed by atoms with Crippen LogP contribution in [0.3, 0.4) is 0 Å². The molecule has 1 unspecified atom stereocenters. The molecule has 0 saturated carbocycles. The monoisotopic (exact) mass is 432 g/mol. The zero-order valence-electron chi connectivity index (χ0n) is 17.7. The van der Waals surface area contributed by atoms with Gasteiger partial charge in [0, 0.05) is 18.8 Å². The Morgan fingerprint density at radius 1 is 1.07 bits per heavy atom. The van der Waals surface area contributed by atoms with E-state index < -0.39 is 6.04 Å². The summed E-state index contributed by atoms with van der Waals surface area (Å²) in [6.45, 7) is 4.49. The lowest BCUT2D eigenvalue weighted by Crippen LogP contribution is -2.49. The Morgan fingerprint density at radius 3 is 2.27 bits per heavy atom. The predicted molar refractivity (Wildman–Crippen MR) is 119 cm³/mol. The highest BCUT2D eigenvalue weighted by molar-refractivity contribution is 7.99. The number of nitrogens with one attached hydrogen (secondary N) is 1. The van der Waals surface area contributed by atoms with Crippen LogP contribution >= 0.6 is 11.8 Å². The Bertz CT molecular complexity index is 812. The van der Waals surface area contributed by atoms with Crippen molar-refractivity contribution in [2.75, 3.05) is 19.4 Å². The number of thioether (sulfide) groups is 1. The van der Waals surface area contributed by atoms with Gasteiger partial charge in [-0.3, -0.25) is 9.59 Å². The molecule has 0 saturated heterocycles. The number of carbonyl (C=O) groups excluding carboxylic acids is 2. The van der Waals surface area contributed by atoms with Crippen molar-refractivity contribution in [1.82, 2.24) is 10.2 Å². The third kappa shape index (κ3) is 7.06. The molecule has 0 radical (unpaired) electrons. The van der Waals surface area contributed by atoms with E-state index in [-0.39, 0.29) is 29.9 Å². The van der Waals surface area contributed by atoms with Gasteiger partial charge in [0.25, 0.3) is 0 Å². The smallest absolute Gasteiger partial charge is 0.242 e. The van der Waals surface area contributed by atoms with Crippen LogP contribution in [-0.2, 0) is 21.9 Å². The molecular weight excluding hydrogens is 403 g/mol. The number of ether oxygens (including phenoxy) is 1. The summed E-state index contributed by atoms with van der Waals surface area (Å²) in [7, 11) is 1.62. The third-order valence-electron chi connectivity index (χ3n) is 4.66. The molecule has 0 aromatic heterocycles. The van der Waals surface area contributed by atoms with Gasteiger partial charge in [-0.25, -0.2) is 4.39 Å². The number of likely N-dealkylation sites (N-methyl/N-ethyl adjacent to an activating group) is 1. The van der Waals surface area contributed by atoms with Crippen molar-refractivity contribution in [3.05, 3.63) is 65.5 Å². The lowest BCUT2D eigenvalue weighted by molar-refractivity contribution is -0.139. The number of nitrogens with zero attached hydrogens (tertiary/aromatic N) is 1. The summed E-state index contributed by atoms with van der Waals surface area (Å²) in [4.78, 5) is 27.2. The van der Waals surface area contributed by atoms with Gasteiger partial charge >= 0.3 is 0 Å². The zero-order chi connectivity index (χ0) is 21.9. The fourth-order valence-electron chi connectivity index (χ4n) is 3.06. The SMILES string of the molecule is CCNC(=O)C(CC)N(Cc1ccc(F)cc1)C(=O)CSCc1ccc(OC)cc1. The van der Waals surface area contributed by atoms with Crippen molar-refractivity contribution < 1.29 is 18.7 Å². The van der Waals surface area contributed by atoms with Crippen molar-refractivity contribution >= 4 is 23.6 Å². The number of halogens is 1. The van der Waals surface area contributed by atoms with Crippen LogP contribution in [0.2, 0.25) is 0 Å². The van der Waals surface area contributed by atoms with Crippen molar-refractivity contribution in [2.45, 2.75) is 38.6 Å². The molecule has 30 heavy (non-hydrogen) atoms. The number of carbonyl (C=O) groups is 2. The lowest BCUT2D eigenvalue weighted by Gasteiger charge is -2.30. The van der Waals surface area contributed by atoms with Crippen LogP contribution in [0, 0.1) is 5.82 Å². The average molecular weight is 433 g/mol. The van der Waals surface area contributed by atoms with Crippen LogP contribution in [0.15, 0.2) is 48.5 Å². The number of hydrogen-bond acceptors (Lipinski definition) is 4. The van der Waals surface area contributed by atoms with E-state index >= 15 is 0 Å². The van der Waals surface area contributed by atoms with Gasteiger partial charge in [0.1, 0.15) is 17.6 Å². The molecule has 2 rings (SSSR count). The minimum Gasteiger partial charge on any atom is -0.497 e. The van der Waals surface area contributed by atoms with Gasteiger partial charge < -0.3 is 15.0 Å². The summed E-state index contributed by atoms with van der Waals surface area (Å²) < 4.78 is 18.4. The highest BCUT2D eigenvalue weighted by Gasteiger charge is 2.28. The quantitative estimate of drug-likeness (QED) is 0.583. The summed E-state index contributed by atoms with van der Waals surface area (Å²) >= 11 is 1.50. The minimum atomic E-state index is -0.566. The second kappa shape index (κ2) is 12.2. The molecule has 2 aromatic rings. The Balaban J connectivity index is 2.07. The fraction of sp³-hybridized carbons (Fsp3) is 0.391. The van der Waals surface area contributed by atoms with Crippen LogP contribution in [0.4, 0.5) is 4.39 Å². The third-order valence-corrected chi connectivity index (χ3v) is 5.64. The standard InChI is InChI=1S/C23H29FN2O3S/c1-4-21(23(28)25-5-2)26(14-17-6-10-19(24)11-7-17)22(27)16-30-15-18-8-12-20(29-3)13-9-18/h6-13,21H,4-5,14-16H2,1-3H3,(H,25,28). The molecule has 2 amide bonds. The maximum absolute atomic E-state index is 13.3. The molecule has 0 heterocycles. The second-order valence-corrected chi connectivity index (χ2v) is 7.79.